The third kappa shape index (κ3) is 1.87. The highest BCUT2D eigenvalue weighted by Crippen LogP contribution is 2.10. The van der Waals surface area contributed by atoms with Crippen LogP contribution in [0.5, 0.6) is 0 Å². The summed E-state index contributed by atoms with van der Waals surface area (Å²) in [5.41, 5.74) is 0.933. The Morgan fingerprint density at radius 2 is 2.27 bits per heavy atom. The lowest BCUT2D eigenvalue weighted by Crippen LogP contribution is -1.88. The van der Waals surface area contributed by atoms with Crippen LogP contribution in [0.4, 0.5) is 4.39 Å². The van der Waals surface area contributed by atoms with Gasteiger partial charge in [0.05, 0.1) is 5.56 Å². The topological polar surface area (TPSA) is 17.1 Å². The highest BCUT2D eigenvalue weighted by atomic mass is 79.9. The molecule has 0 aliphatic carbocycles. The smallest absolute Gasteiger partial charge is 0.152 e. The number of aldehydes is 1. The maximum atomic E-state index is 12.8. The van der Waals surface area contributed by atoms with E-state index < -0.39 is 5.82 Å². The van der Waals surface area contributed by atoms with Crippen molar-refractivity contribution in [2.45, 2.75) is 5.33 Å². The van der Waals surface area contributed by atoms with Gasteiger partial charge in [-0.2, -0.15) is 0 Å². The summed E-state index contributed by atoms with van der Waals surface area (Å²) < 4.78 is 12.8. The Morgan fingerprint density at radius 3 is 2.73 bits per heavy atom. The molecule has 1 aromatic carbocycles. The predicted molar refractivity (Wildman–Crippen MR) is 44.4 cm³/mol. The first kappa shape index (κ1) is 8.40. The molecule has 0 bridgehead atoms. The number of benzene rings is 1. The fourth-order valence-electron chi connectivity index (χ4n) is 0.749. The van der Waals surface area contributed by atoms with E-state index in [0.29, 0.717) is 11.6 Å². The van der Waals surface area contributed by atoms with E-state index in [-0.39, 0.29) is 5.56 Å². The maximum Gasteiger partial charge on any atom is 0.152 e. The van der Waals surface area contributed by atoms with E-state index >= 15 is 0 Å². The summed E-state index contributed by atoms with van der Waals surface area (Å²) in [6, 6.07) is 4.53. The highest BCUT2D eigenvalue weighted by molar-refractivity contribution is 9.08. The molecule has 0 atom stereocenters. The molecule has 58 valence electrons. The standard InChI is InChI=1S/C8H6BrFO/c9-4-6-1-2-7(5-11)8(10)3-6/h1-3,5H,4H2. The summed E-state index contributed by atoms with van der Waals surface area (Å²) in [5.74, 6) is -0.461. The highest BCUT2D eigenvalue weighted by Gasteiger charge is 2.00. The largest absolute Gasteiger partial charge is 0.298 e. The Hall–Kier alpha value is -0.700. The molecule has 0 spiro atoms. The van der Waals surface area contributed by atoms with E-state index in [1.54, 1.807) is 6.07 Å². The lowest BCUT2D eigenvalue weighted by Gasteiger charge is -1.96. The van der Waals surface area contributed by atoms with Gasteiger partial charge in [-0.3, -0.25) is 4.79 Å². The zero-order valence-corrected chi connectivity index (χ0v) is 7.27. The molecule has 1 aromatic rings. The van der Waals surface area contributed by atoms with Crippen LogP contribution in [0.15, 0.2) is 18.2 Å². The third-order valence-electron chi connectivity index (χ3n) is 1.35. The third-order valence-corrected chi connectivity index (χ3v) is 1.99. The van der Waals surface area contributed by atoms with E-state index in [2.05, 4.69) is 15.9 Å². The molecule has 0 unspecified atom stereocenters. The fraction of sp³-hybridized carbons (Fsp3) is 0.125. The molecular weight excluding hydrogens is 211 g/mol. The van der Waals surface area contributed by atoms with Crippen LogP contribution in [0, 0.1) is 5.82 Å². The van der Waals surface area contributed by atoms with Crippen LogP contribution in [0.1, 0.15) is 15.9 Å². The van der Waals surface area contributed by atoms with Gasteiger partial charge >= 0.3 is 0 Å². The van der Waals surface area contributed by atoms with Crippen LogP contribution in [-0.2, 0) is 5.33 Å². The van der Waals surface area contributed by atoms with Gasteiger partial charge in [0.2, 0.25) is 0 Å². The van der Waals surface area contributed by atoms with Crippen LogP contribution in [-0.4, -0.2) is 6.29 Å². The average Bonchev–Trinajstić information content (AvgIpc) is 2.04. The van der Waals surface area contributed by atoms with Crippen molar-refractivity contribution in [2.24, 2.45) is 0 Å². The Kier molecular flexibility index (Phi) is 2.76. The van der Waals surface area contributed by atoms with Gasteiger partial charge in [0.1, 0.15) is 5.82 Å². The first-order valence-electron chi connectivity index (χ1n) is 3.07. The van der Waals surface area contributed by atoms with Crippen molar-refractivity contribution in [2.75, 3.05) is 0 Å². The van der Waals surface area contributed by atoms with Crippen molar-refractivity contribution >= 4 is 22.2 Å². The number of carbonyl (C=O) groups is 1. The van der Waals surface area contributed by atoms with E-state index in [1.807, 2.05) is 0 Å². The normalized spacial score (nSPS) is 9.64. The summed E-state index contributed by atoms with van der Waals surface area (Å²) in [6.07, 6.45) is 0.507. The second-order valence-corrected chi connectivity index (χ2v) is 2.67. The van der Waals surface area contributed by atoms with Crippen LogP contribution >= 0.6 is 15.9 Å². The Labute approximate surface area is 72.4 Å². The van der Waals surface area contributed by atoms with E-state index in [0.717, 1.165) is 5.56 Å². The number of hydrogen-bond acceptors (Lipinski definition) is 1. The van der Waals surface area contributed by atoms with Crippen molar-refractivity contribution in [3.63, 3.8) is 0 Å². The molecule has 0 saturated carbocycles. The molecule has 11 heavy (non-hydrogen) atoms. The molecule has 1 rings (SSSR count). The molecule has 0 aliphatic rings. The first-order valence-corrected chi connectivity index (χ1v) is 4.19. The summed E-state index contributed by atoms with van der Waals surface area (Å²) in [4.78, 5) is 10.2. The second kappa shape index (κ2) is 3.62. The quantitative estimate of drug-likeness (QED) is 0.549. The second-order valence-electron chi connectivity index (χ2n) is 2.11. The van der Waals surface area contributed by atoms with Gasteiger partial charge < -0.3 is 0 Å². The molecule has 3 heteroatoms. The molecule has 0 heterocycles. The van der Waals surface area contributed by atoms with Crippen molar-refractivity contribution in [1.29, 1.82) is 0 Å². The summed E-state index contributed by atoms with van der Waals surface area (Å²) in [6.45, 7) is 0. The summed E-state index contributed by atoms with van der Waals surface area (Å²) in [5, 5.41) is 0.600. The molecule has 1 nitrogen and oxygen atoms in total. The lowest BCUT2D eigenvalue weighted by molar-refractivity contribution is 0.112. The molecule has 0 amide bonds. The van der Waals surface area contributed by atoms with Crippen molar-refractivity contribution in [3.8, 4) is 0 Å². The van der Waals surface area contributed by atoms with Gasteiger partial charge in [-0.05, 0) is 17.7 Å². The zero-order chi connectivity index (χ0) is 8.27. The summed E-state index contributed by atoms with van der Waals surface area (Å²) in [7, 11) is 0. The van der Waals surface area contributed by atoms with Crippen LogP contribution < -0.4 is 0 Å². The molecule has 0 saturated heterocycles. The molecule has 0 aliphatic heterocycles. The molecule has 0 N–H and O–H groups in total. The van der Waals surface area contributed by atoms with Gasteiger partial charge in [0.25, 0.3) is 0 Å². The Bertz CT molecular complexity index is 273. The van der Waals surface area contributed by atoms with Gasteiger partial charge in [-0.15, -0.1) is 0 Å². The van der Waals surface area contributed by atoms with Crippen molar-refractivity contribution < 1.29 is 9.18 Å². The maximum absolute atomic E-state index is 12.8. The number of alkyl halides is 1. The van der Waals surface area contributed by atoms with Gasteiger partial charge in [0.15, 0.2) is 6.29 Å². The van der Waals surface area contributed by atoms with E-state index in [9.17, 15) is 9.18 Å². The summed E-state index contributed by atoms with van der Waals surface area (Å²) >= 11 is 3.18. The van der Waals surface area contributed by atoms with Gasteiger partial charge in [-0.25, -0.2) is 4.39 Å². The first-order chi connectivity index (χ1) is 5.27. The monoisotopic (exact) mass is 216 g/mol. The van der Waals surface area contributed by atoms with E-state index in [1.165, 1.54) is 12.1 Å². The molecule has 0 aromatic heterocycles. The minimum Gasteiger partial charge on any atom is -0.298 e. The van der Waals surface area contributed by atoms with Crippen molar-refractivity contribution in [3.05, 3.63) is 35.1 Å². The van der Waals surface area contributed by atoms with Gasteiger partial charge in [0, 0.05) is 5.33 Å². The van der Waals surface area contributed by atoms with Crippen molar-refractivity contribution in [1.82, 2.24) is 0 Å². The Balaban J connectivity index is 3.09. The van der Waals surface area contributed by atoms with Crippen LogP contribution in [0.3, 0.4) is 0 Å². The predicted octanol–water partition coefficient (Wildman–Crippen LogP) is 2.53. The number of rotatable bonds is 2. The van der Waals surface area contributed by atoms with E-state index in [4.69, 9.17) is 0 Å². The van der Waals surface area contributed by atoms with Crippen LogP contribution in [0.2, 0.25) is 0 Å². The Morgan fingerprint density at radius 1 is 1.55 bits per heavy atom. The average molecular weight is 217 g/mol. The van der Waals surface area contributed by atoms with Gasteiger partial charge in [-0.1, -0.05) is 22.0 Å². The zero-order valence-electron chi connectivity index (χ0n) is 5.68. The molecule has 0 fully saturated rings. The number of carbonyl (C=O) groups excluding carboxylic acids is 1. The SMILES string of the molecule is O=Cc1ccc(CBr)cc1F. The lowest BCUT2D eigenvalue weighted by atomic mass is 10.1. The molecular formula is C8H6BrFO. The number of halogens is 2. The number of hydrogen-bond donors (Lipinski definition) is 0. The molecule has 0 radical (unpaired) electrons. The minimum absolute atomic E-state index is 0.106. The van der Waals surface area contributed by atoms with Crippen LogP contribution in [0.25, 0.3) is 0 Å². The fourth-order valence-corrected chi connectivity index (χ4v) is 1.10. The minimum atomic E-state index is -0.461.